The first-order valence-corrected chi connectivity index (χ1v) is 12.9. The van der Waals surface area contributed by atoms with E-state index < -0.39 is 0 Å². The lowest BCUT2D eigenvalue weighted by Gasteiger charge is -2.31. The van der Waals surface area contributed by atoms with Crippen LogP contribution in [0.2, 0.25) is 0 Å². The zero-order valence-corrected chi connectivity index (χ0v) is 21.1. The van der Waals surface area contributed by atoms with Crippen molar-refractivity contribution < 1.29 is 4.74 Å². The molecular formula is C28H34N6O2. The van der Waals surface area contributed by atoms with Crippen molar-refractivity contribution in [1.82, 2.24) is 30.1 Å². The molecule has 5 rings (SSSR count). The van der Waals surface area contributed by atoms with E-state index >= 15 is 0 Å². The highest BCUT2D eigenvalue weighted by molar-refractivity contribution is 5.80. The zero-order valence-electron chi connectivity index (χ0n) is 21.1. The number of aromatic amines is 1. The molecule has 1 saturated carbocycles. The van der Waals surface area contributed by atoms with Crippen LogP contribution >= 0.6 is 0 Å². The molecule has 2 aromatic heterocycles. The number of methoxy groups -OCH3 is 1. The van der Waals surface area contributed by atoms with Crippen LogP contribution in [-0.4, -0.2) is 43.7 Å². The molecule has 2 heterocycles. The highest BCUT2D eigenvalue weighted by Gasteiger charge is 2.29. The van der Waals surface area contributed by atoms with Gasteiger partial charge in [-0.15, -0.1) is 5.10 Å². The average molecular weight is 487 g/mol. The van der Waals surface area contributed by atoms with E-state index in [0.717, 1.165) is 60.3 Å². The first-order chi connectivity index (χ1) is 17.7. The summed E-state index contributed by atoms with van der Waals surface area (Å²) in [6.07, 6.45) is 6.39. The molecule has 1 unspecified atom stereocenters. The molecule has 1 fully saturated rings. The summed E-state index contributed by atoms with van der Waals surface area (Å²) in [4.78, 5) is 18.5. The molecule has 1 aliphatic carbocycles. The fourth-order valence-electron chi connectivity index (χ4n) is 5.39. The quantitative estimate of drug-likeness (QED) is 0.345. The van der Waals surface area contributed by atoms with Crippen LogP contribution in [0.1, 0.15) is 68.1 Å². The second-order valence-corrected chi connectivity index (χ2v) is 9.63. The van der Waals surface area contributed by atoms with Crippen molar-refractivity contribution in [3.05, 3.63) is 81.9 Å². The maximum atomic E-state index is 13.1. The molecule has 1 atom stereocenters. The summed E-state index contributed by atoms with van der Waals surface area (Å²) in [5.74, 6) is 1.67. The van der Waals surface area contributed by atoms with Crippen molar-refractivity contribution in [1.29, 1.82) is 0 Å². The van der Waals surface area contributed by atoms with Crippen LogP contribution in [0.15, 0.2) is 59.4 Å². The zero-order chi connectivity index (χ0) is 24.9. The Morgan fingerprint density at radius 3 is 2.69 bits per heavy atom. The monoisotopic (exact) mass is 486 g/mol. The molecule has 8 heteroatoms. The number of ether oxygens (including phenoxy) is 1. The summed E-state index contributed by atoms with van der Waals surface area (Å²) in [6.45, 7) is 3.46. The predicted octanol–water partition coefficient (Wildman–Crippen LogP) is 4.83. The second-order valence-electron chi connectivity index (χ2n) is 9.63. The van der Waals surface area contributed by atoms with Gasteiger partial charge in [0.15, 0.2) is 5.82 Å². The molecule has 4 aromatic rings. The maximum absolute atomic E-state index is 13.1. The number of H-pyrrole nitrogens is 1. The van der Waals surface area contributed by atoms with Crippen LogP contribution in [0.3, 0.4) is 0 Å². The van der Waals surface area contributed by atoms with E-state index in [1.54, 1.807) is 7.11 Å². The van der Waals surface area contributed by atoms with Gasteiger partial charge < -0.3 is 9.72 Å². The molecule has 1 aliphatic rings. The van der Waals surface area contributed by atoms with Crippen molar-refractivity contribution in [3.8, 4) is 5.75 Å². The number of benzene rings is 2. The van der Waals surface area contributed by atoms with Crippen LogP contribution in [0.4, 0.5) is 0 Å². The van der Waals surface area contributed by atoms with Gasteiger partial charge in [-0.25, -0.2) is 4.68 Å². The molecular weight excluding hydrogens is 452 g/mol. The van der Waals surface area contributed by atoms with Gasteiger partial charge in [-0.1, -0.05) is 50.1 Å². The highest BCUT2D eigenvalue weighted by atomic mass is 16.5. The van der Waals surface area contributed by atoms with E-state index in [2.05, 4.69) is 56.6 Å². The molecule has 0 amide bonds. The van der Waals surface area contributed by atoms with E-state index in [1.165, 1.54) is 18.4 Å². The van der Waals surface area contributed by atoms with Gasteiger partial charge in [0.25, 0.3) is 5.56 Å². The molecule has 2 aromatic carbocycles. The smallest absolute Gasteiger partial charge is 0.252 e. The largest absolute Gasteiger partial charge is 0.497 e. The number of fused-ring (bicyclic) bond motifs is 1. The Morgan fingerprint density at radius 1 is 1.14 bits per heavy atom. The third-order valence-corrected chi connectivity index (χ3v) is 7.35. The van der Waals surface area contributed by atoms with Crippen LogP contribution in [0.25, 0.3) is 10.9 Å². The summed E-state index contributed by atoms with van der Waals surface area (Å²) in [5, 5.41) is 13.9. The van der Waals surface area contributed by atoms with Crippen molar-refractivity contribution in [2.45, 2.75) is 64.1 Å². The molecule has 0 bridgehead atoms. The van der Waals surface area contributed by atoms with Crippen molar-refractivity contribution in [2.24, 2.45) is 0 Å². The standard InChI is InChI=1S/C28H34N6O2/c1-3-26(27-30-31-32-34(27)23-11-7-8-12-23)33(16-15-20-9-5-4-6-10-20)19-22-17-21-18-24(36-2)13-14-25(21)29-28(22)35/h4-6,9-10,13-14,17-18,23,26H,3,7-8,11-12,15-16,19H2,1-2H3,(H,29,35). The van der Waals surface area contributed by atoms with E-state index in [1.807, 2.05) is 35.0 Å². The van der Waals surface area contributed by atoms with Crippen molar-refractivity contribution in [3.63, 3.8) is 0 Å². The average Bonchev–Trinajstić information content (AvgIpc) is 3.61. The minimum Gasteiger partial charge on any atom is -0.497 e. The topological polar surface area (TPSA) is 88.9 Å². The van der Waals surface area contributed by atoms with Crippen LogP contribution in [0, 0.1) is 0 Å². The normalized spacial score (nSPS) is 15.1. The number of hydrogen-bond acceptors (Lipinski definition) is 6. The van der Waals surface area contributed by atoms with Gasteiger partial charge in [0.1, 0.15) is 5.75 Å². The van der Waals surface area contributed by atoms with Gasteiger partial charge in [-0.3, -0.25) is 9.69 Å². The lowest BCUT2D eigenvalue weighted by Crippen LogP contribution is -2.34. The first kappa shape index (κ1) is 24.2. The number of pyridine rings is 1. The Kier molecular flexibility index (Phi) is 7.41. The molecule has 1 N–H and O–H groups in total. The van der Waals surface area contributed by atoms with Crippen LogP contribution < -0.4 is 10.3 Å². The molecule has 188 valence electrons. The minimum absolute atomic E-state index is 0.00437. The summed E-state index contributed by atoms with van der Waals surface area (Å²) >= 11 is 0. The van der Waals surface area contributed by atoms with Gasteiger partial charge in [0.2, 0.25) is 0 Å². The Balaban J connectivity index is 1.49. The van der Waals surface area contributed by atoms with Crippen LogP contribution in [-0.2, 0) is 13.0 Å². The molecule has 0 spiro atoms. The highest BCUT2D eigenvalue weighted by Crippen LogP contribution is 2.33. The molecule has 0 aliphatic heterocycles. The number of aromatic nitrogens is 5. The first-order valence-electron chi connectivity index (χ1n) is 12.9. The minimum atomic E-state index is -0.0670. The van der Waals surface area contributed by atoms with Gasteiger partial charge >= 0.3 is 0 Å². The van der Waals surface area contributed by atoms with Gasteiger partial charge in [-0.2, -0.15) is 0 Å². The van der Waals surface area contributed by atoms with E-state index in [0.29, 0.717) is 12.6 Å². The third-order valence-electron chi connectivity index (χ3n) is 7.35. The maximum Gasteiger partial charge on any atom is 0.252 e. The van der Waals surface area contributed by atoms with E-state index in [-0.39, 0.29) is 11.6 Å². The molecule has 0 radical (unpaired) electrons. The number of tetrazole rings is 1. The summed E-state index contributed by atoms with van der Waals surface area (Å²) in [6, 6.07) is 18.5. The van der Waals surface area contributed by atoms with Crippen molar-refractivity contribution in [2.75, 3.05) is 13.7 Å². The molecule has 8 nitrogen and oxygen atoms in total. The summed E-state index contributed by atoms with van der Waals surface area (Å²) in [5.41, 5.74) is 2.73. The van der Waals surface area contributed by atoms with Gasteiger partial charge in [-0.05, 0) is 65.9 Å². The number of nitrogens with one attached hydrogen (secondary N) is 1. The van der Waals surface area contributed by atoms with E-state index in [9.17, 15) is 4.79 Å². The number of nitrogens with zero attached hydrogens (tertiary/aromatic N) is 5. The predicted molar refractivity (Wildman–Crippen MR) is 140 cm³/mol. The van der Waals surface area contributed by atoms with Gasteiger partial charge in [0, 0.05) is 29.6 Å². The SMILES string of the molecule is CCC(c1nnnn1C1CCCC1)N(CCc1ccccc1)Cc1cc2cc(OC)ccc2[nH]c1=O. The molecule has 0 saturated heterocycles. The Bertz CT molecular complexity index is 1340. The Hall–Kier alpha value is -3.52. The Labute approximate surface area is 211 Å². The van der Waals surface area contributed by atoms with Gasteiger partial charge in [0.05, 0.1) is 19.2 Å². The number of hydrogen-bond donors (Lipinski definition) is 1. The fourth-order valence-corrected chi connectivity index (χ4v) is 5.39. The number of rotatable bonds is 10. The third kappa shape index (κ3) is 5.18. The summed E-state index contributed by atoms with van der Waals surface area (Å²) in [7, 11) is 1.65. The second kappa shape index (κ2) is 11.0. The van der Waals surface area contributed by atoms with Crippen LogP contribution in [0.5, 0.6) is 5.75 Å². The van der Waals surface area contributed by atoms with Crippen molar-refractivity contribution >= 4 is 10.9 Å². The Morgan fingerprint density at radius 2 is 1.94 bits per heavy atom. The summed E-state index contributed by atoms with van der Waals surface area (Å²) < 4.78 is 7.45. The van der Waals surface area contributed by atoms with E-state index in [4.69, 9.17) is 4.74 Å². The lowest BCUT2D eigenvalue weighted by molar-refractivity contribution is 0.169. The fraction of sp³-hybridized carbons (Fsp3) is 0.429. The molecule has 36 heavy (non-hydrogen) atoms. The lowest BCUT2D eigenvalue weighted by atomic mass is 10.1.